The van der Waals surface area contributed by atoms with E-state index in [9.17, 15) is 18.0 Å². The number of carbonyl (C=O) groups is 1. The van der Waals surface area contributed by atoms with Crippen LogP contribution in [0.15, 0.2) is 59.6 Å². The molecule has 1 atom stereocenters. The number of aliphatic imine (C=N–C) groups is 1. The topological polar surface area (TPSA) is 59.9 Å². The zero-order chi connectivity index (χ0) is 23.0. The predicted octanol–water partition coefficient (Wildman–Crippen LogP) is 5.39. The molecule has 0 saturated carbocycles. The minimum Gasteiger partial charge on any atom is -0.497 e. The van der Waals surface area contributed by atoms with Crippen LogP contribution in [-0.4, -0.2) is 36.7 Å². The number of amides is 1. The lowest BCUT2D eigenvalue weighted by Gasteiger charge is -2.08. The van der Waals surface area contributed by atoms with Gasteiger partial charge >= 0.3 is 6.18 Å². The first-order valence-corrected chi connectivity index (χ1v) is 10.9. The Morgan fingerprint density at radius 1 is 1.16 bits per heavy atom. The fraction of sp³-hybridized carbons (Fsp3) is 0.304. The number of nitrogens with zero attached hydrogens (tertiary/aromatic N) is 1. The molecule has 1 unspecified atom stereocenters. The zero-order valence-corrected chi connectivity index (χ0v) is 18.2. The summed E-state index contributed by atoms with van der Waals surface area (Å²) in [5.74, 6) is 1.72. The van der Waals surface area contributed by atoms with E-state index in [1.165, 1.54) is 17.8 Å². The van der Waals surface area contributed by atoms with Crippen LogP contribution in [0.5, 0.6) is 11.5 Å². The number of thioether (sulfide) groups is 1. The third-order valence-corrected chi connectivity index (χ3v) is 5.53. The van der Waals surface area contributed by atoms with Gasteiger partial charge in [-0.15, -0.1) is 0 Å². The molecule has 9 heteroatoms. The summed E-state index contributed by atoms with van der Waals surface area (Å²) in [4.78, 5) is 16.8. The Morgan fingerprint density at radius 2 is 1.84 bits per heavy atom. The fourth-order valence-corrected chi connectivity index (χ4v) is 3.85. The first-order valence-electron chi connectivity index (χ1n) is 9.95. The van der Waals surface area contributed by atoms with Crippen LogP contribution >= 0.6 is 11.8 Å². The van der Waals surface area contributed by atoms with Crippen molar-refractivity contribution in [2.75, 3.05) is 19.5 Å². The summed E-state index contributed by atoms with van der Waals surface area (Å²) < 4.78 is 46.8. The van der Waals surface area contributed by atoms with Crippen LogP contribution in [0.3, 0.4) is 0 Å². The van der Waals surface area contributed by atoms with Crippen molar-refractivity contribution in [3.8, 4) is 11.5 Å². The Hall–Kier alpha value is -2.94. The Morgan fingerprint density at radius 3 is 2.50 bits per heavy atom. The summed E-state index contributed by atoms with van der Waals surface area (Å²) in [6, 6.07) is 14.4. The number of hydrogen-bond acceptors (Lipinski definition) is 5. The van der Waals surface area contributed by atoms with Crippen molar-refractivity contribution in [3.63, 3.8) is 0 Å². The number of halogens is 3. The number of amidine groups is 1. The van der Waals surface area contributed by atoms with Gasteiger partial charge in [0.05, 0.1) is 19.8 Å². The van der Waals surface area contributed by atoms with Gasteiger partial charge in [-0.05, 0) is 47.9 Å². The molecule has 0 aromatic heterocycles. The molecular formula is C23H23F3N2O3S. The van der Waals surface area contributed by atoms with Crippen molar-refractivity contribution >= 4 is 28.9 Å². The molecule has 0 fully saturated rings. The molecule has 1 amide bonds. The van der Waals surface area contributed by atoms with E-state index in [1.54, 1.807) is 37.5 Å². The maximum absolute atomic E-state index is 12.2. The monoisotopic (exact) mass is 464 g/mol. The summed E-state index contributed by atoms with van der Waals surface area (Å²) in [5, 5.41) is 3.35. The average Bonchev–Trinajstić information content (AvgIpc) is 3.24. The smallest absolute Gasteiger partial charge is 0.389 e. The molecule has 170 valence electrons. The first-order chi connectivity index (χ1) is 15.3. The van der Waals surface area contributed by atoms with E-state index >= 15 is 0 Å². The second-order valence-electron chi connectivity index (χ2n) is 6.99. The number of nitrogens with one attached hydrogen (secondary N) is 1. The molecule has 0 saturated heterocycles. The molecule has 32 heavy (non-hydrogen) atoms. The van der Waals surface area contributed by atoms with Crippen LogP contribution in [-0.2, 0) is 4.79 Å². The predicted molar refractivity (Wildman–Crippen MR) is 120 cm³/mol. The van der Waals surface area contributed by atoms with E-state index in [0.29, 0.717) is 10.9 Å². The molecule has 2 aromatic carbocycles. The lowest BCUT2D eigenvalue weighted by atomic mass is 10.1. The van der Waals surface area contributed by atoms with Crippen LogP contribution < -0.4 is 14.8 Å². The van der Waals surface area contributed by atoms with Gasteiger partial charge in [0, 0.05) is 18.2 Å². The zero-order valence-electron chi connectivity index (χ0n) is 17.4. The number of alkyl halides is 3. The highest BCUT2D eigenvalue weighted by atomic mass is 32.2. The van der Waals surface area contributed by atoms with E-state index in [0.717, 1.165) is 22.6 Å². The van der Waals surface area contributed by atoms with Crippen molar-refractivity contribution < 1.29 is 27.4 Å². The number of carbonyl (C=O) groups excluding carboxylic acids is 1. The highest BCUT2D eigenvalue weighted by molar-refractivity contribution is 8.14. The van der Waals surface area contributed by atoms with Crippen LogP contribution in [0.25, 0.3) is 6.08 Å². The number of methoxy groups -OCH3 is 1. The largest absolute Gasteiger partial charge is 0.497 e. The van der Waals surface area contributed by atoms with Gasteiger partial charge < -0.3 is 14.8 Å². The van der Waals surface area contributed by atoms with Gasteiger partial charge in [-0.25, -0.2) is 0 Å². The van der Waals surface area contributed by atoms with Crippen LogP contribution in [0.1, 0.15) is 30.0 Å². The Balaban J connectivity index is 1.45. The normalized spacial score (nSPS) is 16.1. The molecule has 0 spiro atoms. The van der Waals surface area contributed by atoms with Gasteiger partial charge in [0.2, 0.25) is 5.91 Å². The lowest BCUT2D eigenvalue weighted by Crippen LogP contribution is -2.25. The molecule has 1 aliphatic heterocycles. The standard InChI is InChI=1S/C23H23F3N2O3S/c1-30-18-10-6-17(7-11-18)20-15-32-22(27-20)28-21(29)12-5-16-3-8-19(9-4-16)31-14-2-13-23(24,25)26/h3-12,20H,2,13-15H2,1H3,(H,27,28,29)/b12-5+. The molecule has 0 aliphatic carbocycles. The summed E-state index contributed by atoms with van der Waals surface area (Å²) in [6.07, 6.45) is -2.08. The van der Waals surface area contributed by atoms with Gasteiger partial charge in [-0.2, -0.15) is 13.2 Å². The third kappa shape index (κ3) is 7.64. The highest BCUT2D eigenvalue weighted by Crippen LogP contribution is 2.30. The SMILES string of the molecule is COc1ccc(C2CSC(NC(=O)/C=C/c3ccc(OCCCC(F)(F)F)cc3)=N2)cc1. The molecule has 5 nitrogen and oxygen atoms in total. The van der Waals surface area contributed by atoms with Crippen molar-refractivity contribution in [2.45, 2.75) is 25.1 Å². The van der Waals surface area contributed by atoms with E-state index < -0.39 is 12.6 Å². The van der Waals surface area contributed by atoms with Crippen molar-refractivity contribution in [1.82, 2.24) is 5.32 Å². The number of hydrogen-bond donors (Lipinski definition) is 1. The third-order valence-electron chi connectivity index (χ3n) is 4.56. The number of ether oxygens (including phenoxy) is 2. The van der Waals surface area contributed by atoms with Crippen molar-refractivity contribution in [1.29, 1.82) is 0 Å². The summed E-state index contributed by atoms with van der Waals surface area (Å²) in [7, 11) is 1.62. The van der Waals surface area contributed by atoms with E-state index in [4.69, 9.17) is 9.47 Å². The quantitative estimate of drug-likeness (QED) is 0.420. The maximum Gasteiger partial charge on any atom is 0.389 e. The van der Waals surface area contributed by atoms with Gasteiger partial charge in [0.1, 0.15) is 11.5 Å². The first kappa shape index (κ1) is 23.7. The number of benzene rings is 2. The van der Waals surface area contributed by atoms with E-state index in [1.807, 2.05) is 24.3 Å². The summed E-state index contributed by atoms with van der Waals surface area (Å²) in [5.41, 5.74) is 1.82. The van der Waals surface area contributed by atoms with Gasteiger partial charge in [0.25, 0.3) is 0 Å². The van der Waals surface area contributed by atoms with Crippen molar-refractivity contribution in [3.05, 3.63) is 65.7 Å². The van der Waals surface area contributed by atoms with Crippen molar-refractivity contribution in [2.24, 2.45) is 4.99 Å². The average molecular weight is 465 g/mol. The van der Waals surface area contributed by atoms with Crippen LogP contribution in [0.4, 0.5) is 13.2 Å². The minimum absolute atomic E-state index is 0.00556. The van der Waals surface area contributed by atoms with Crippen LogP contribution in [0.2, 0.25) is 0 Å². The van der Waals surface area contributed by atoms with Crippen LogP contribution in [0, 0.1) is 0 Å². The van der Waals surface area contributed by atoms with Gasteiger partial charge in [-0.3, -0.25) is 9.79 Å². The van der Waals surface area contributed by atoms with Gasteiger partial charge in [0.15, 0.2) is 5.17 Å². The molecule has 3 rings (SSSR count). The molecule has 1 N–H and O–H groups in total. The second-order valence-corrected chi connectivity index (χ2v) is 8.00. The molecule has 2 aromatic rings. The lowest BCUT2D eigenvalue weighted by molar-refractivity contribution is -0.136. The summed E-state index contributed by atoms with van der Waals surface area (Å²) in [6.45, 7) is -0.00556. The Bertz CT molecular complexity index is 958. The Labute approximate surface area is 188 Å². The maximum atomic E-state index is 12.2. The molecule has 0 bridgehead atoms. The molecule has 1 heterocycles. The summed E-state index contributed by atoms with van der Waals surface area (Å²) >= 11 is 1.48. The second kappa shape index (κ2) is 11.1. The number of rotatable bonds is 8. The highest BCUT2D eigenvalue weighted by Gasteiger charge is 2.26. The van der Waals surface area contributed by atoms with Gasteiger partial charge in [-0.1, -0.05) is 36.0 Å². The molecule has 0 radical (unpaired) electrons. The molecular weight excluding hydrogens is 441 g/mol. The Kier molecular flexibility index (Phi) is 8.21. The van der Waals surface area contributed by atoms with E-state index in [2.05, 4.69) is 10.3 Å². The molecule has 1 aliphatic rings. The minimum atomic E-state index is -4.17. The van der Waals surface area contributed by atoms with E-state index in [-0.39, 0.29) is 25.0 Å². The fourth-order valence-electron chi connectivity index (χ4n) is 2.90.